The molecule has 0 saturated heterocycles. The molecule has 26 heavy (non-hydrogen) atoms. The maximum absolute atomic E-state index is 12.0. The monoisotopic (exact) mass is 357 g/mol. The third-order valence-corrected chi connectivity index (χ3v) is 3.71. The van der Waals surface area contributed by atoms with E-state index in [0.29, 0.717) is 19.0 Å². The second-order valence-electron chi connectivity index (χ2n) is 5.68. The van der Waals surface area contributed by atoms with Crippen molar-refractivity contribution < 1.29 is 4.79 Å². The van der Waals surface area contributed by atoms with E-state index >= 15 is 0 Å². The number of nitrogens with zero attached hydrogens (tertiary/aromatic N) is 4. The van der Waals surface area contributed by atoms with E-state index in [1.807, 2.05) is 48.7 Å². The summed E-state index contributed by atoms with van der Waals surface area (Å²) in [7, 11) is 0. The van der Waals surface area contributed by atoms with Gasteiger partial charge in [0.2, 0.25) is 5.91 Å². The highest BCUT2D eigenvalue weighted by Gasteiger charge is 2.04. The third kappa shape index (κ3) is 6.54. The summed E-state index contributed by atoms with van der Waals surface area (Å²) < 4.78 is 2.00. The van der Waals surface area contributed by atoms with Gasteiger partial charge in [0.05, 0.1) is 0 Å². The minimum atomic E-state index is -0.113. The van der Waals surface area contributed by atoms with Crippen LogP contribution in [0.2, 0.25) is 0 Å². The van der Waals surface area contributed by atoms with Crippen LogP contribution in [-0.4, -0.2) is 46.3 Å². The number of hydrogen-bond donors (Lipinski definition) is 3. The van der Waals surface area contributed by atoms with Crippen LogP contribution in [0.25, 0.3) is 0 Å². The molecule has 1 aromatic heterocycles. The lowest BCUT2D eigenvalue weighted by Crippen LogP contribution is -2.40. The van der Waals surface area contributed by atoms with Gasteiger partial charge in [-0.3, -0.25) is 4.79 Å². The van der Waals surface area contributed by atoms with Gasteiger partial charge in [-0.1, -0.05) is 37.3 Å². The molecule has 0 spiro atoms. The minimum Gasteiger partial charge on any atom is -0.357 e. The van der Waals surface area contributed by atoms with E-state index in [0.717, 1.165) is 30.9 Å². The Bertz CT molecular complexity index is 697. The predicted molar refractivity (Wildman–Crippen MR) is 102 cm³/mol. The molecule has 1 heterocycles. The van der Waals surface area contributed by atoms with Crippen molar-refractivity contribution in [3.8, 4) is 0 Å². The predicted octanol–water partition coefficient (Wildman–Crippen LogP) is 0.712. The summed E-state index contributed by atoms with van der Waals surface area (Å²) in [5, 5.41) is 17.2. The fourth-order valence-electron chi connectivity index (χ4n) is 2.38. The summed E-state index contributed by atoms with van der Waals surface area (Å²) in [6.45, 7) is 6.75. The number of rotatable bonds is 9. The summed E-state index contributed by atoms with van der Waals surface area (Å²) in [6, 6.07) is 9.81. The van der Waals surface area contributed by atoms with Crippen molar-refractivity contribution >= 4 is 11.9 Å². The van der Waals surface area contributed by atoms with E-state index in [1.165, 1.54) is 0 Å². The number of guanidine groups is 1. The van der Waals surface area contributed by atoms with Crippen LogP contribution >= 0.6 is 0 Å². The normalized spacial score (nSPS) is 11.2. The standard InChI is InChI=1S/C18H27N7O/c1-3-16-24-23-14-25(16)11-10-20-18(19-4-2)22-13-17(26)21-12-15-8-6-5-7-9-15/h5-9,14H,3-4,10-13H2,1-2H3,(H,21,26)(H2,19,20,22). The van der Waals surface area contributed by atoms with Gasteiger partial charge in [-0.2, -0.15) is 0 Å². The molecular weight excluding hydrogens is 330 g/mol. The molecule has 0 unspecified atom stereocenters. The zero-order valence-corrected chi connectivity index (χ0v) is 15.4. The van der Waals surface area contributed by atoms with Crippen LogP contribution in [0, 0.1) is 0 Å². The number of aryl methyl sites for hydroxylation is 1. The van der Waals surface area contributed by atoms with Crippen molar-refractivity contribution in [2.45, 2.75) is 33.4 Å². The molecule has 2 rings (SSSR count). The van der Waals surface area contributed by atoms with Gasteiger partial charge in [-0.05, 0) is 12.5 Å². The Morgan fingerprint density at radius 1 is 1.15 bits per heavy atom. The first-order chi connectivity index (χ1) is 12.7. The van der Waals surface area contributed by atoms with Gasteiger partial charge >= 0.3 is 0 Å². The zero-order chi connectivity index (χ0) is 18.6. The van der Waals surface area contributed by atoms with Crippen molar-refractivity contribution in [1.82, 2.24) is 30.7 Å². The number of nitrogens with one attached hydrogen (secondary N) is 3. The van der Waals surface area contributed by atoms with Gasteiger partial charge in [-0.25, -0.2) is 4.99 Å². The van der Waals surface area contributed by atoms with Gasteiger partial charge in [0, 0.05) is 32.6 Å². The molecule has 0 aliphatic rings. The Hall–Kier alpha value is -2.90. The summed E-state index contributed by atoms with van der Waals surface area (Å²) >= 11 is 0. The Labute approximate surface area is 154 Å². The lowest BCUT2D eigenvalue weighted by molar-refractivity contribution is -0.119. The highest BCUT2D eigenvalue weighted by molar-refractivity contribution is 5.84. The molecule has 0 atom stereocenters. The molecular formula is C18H27N7O. The average molecular weight is 357 g/mol. The molecule has 0 bridgehead atoms. The second kappa shape index (κ2) is 10.9. The Balaban J connectivity index is 1.77. The lowest BCUT2D eigenvalue weighted by Gasteiger charge is -2.12. The van der Waals surface area contributed by atoms with Crippen molar-refractivity contribution in [2.24, 2.45) is 4.99 Å². The van der Waals surface area contributed by atoms with Gasteiger partial charge in [0.15, 0.2) is 5.96 Å². The number of carbonyl (C=O) groups is 1. The van der Waals surface area contributed by atoms with Gasteiger partial charge in [-0.15, -0.1) is 10.2 Å². The number of hydrogen-bond acceptors (Lipinski definition) is 4. The Morgan fingerprint density at radius 3 is 2.69 bits per heavy atom. The molecule has 1 amide bonds. The van der Waals surface area contributed by atoms with E-state index in [4.69, 9.17) is 0 Å². The van der Waals surface area contributed by atoms with Crippen LogP contribution in [-0.2, 0) is 24.3 Å². The molecule has 0 saturated carbocycles. The highest BCUT2D eigenvalue weighted by atomic mass is 16.1. The lowest BCUT2D eigenvalue weighted by atomic mass is 10.2. The molecule has 8 nitrogen and oxygen atoms in total. The maximum Gasteiger partial charge on any atom is 0.242 e. The van der Waals surface area contributed by atoms with Crippen LogP contribution in [0.4, 0.5) is 0 Å². The summed E-state index contributed by atoms with van der Waals surface area (Å²) in [6.07, 6.45) is 2.57. The van der Waals surface area contributed by atoms with Crippen molar-refractivity contribution in [3.63, 3.8) is 0 Å². The zero-order valence-electron chi connectivity index (χ0n) is 15.4. The summed E-state index contributed by atoms with van der Waals surface area (Å²) in [4.78, 5) is 16.3. The molecule has 140 valence electrons. The van der Waals surface area contributed by atoms with Gasteiger partial charge < -0.3 is 20.5 Å². The van der Waals surface area contributed by atoms with Crippen molar-refractivity contribution in [3.05, 3.63) is 48.0 Å². The average Bonchev–Trinajstić information content (AvgIpc) is 3.12. The molecule has 0 fully saturated rings. The molecule has 2 aromatic rings. The van der Waals surface area contributed by atoms with E-state index in [1.54, 1.807) is 6.33 Å². The fraction of sp³-hybridized carbons (Fsp3) is 0.444. The van der Waals surface area contributed by atoms with Crippen LogP contribution in [0.1, 0.15) is 25.2 Å². The van der Waals surface area contributed by atoms with E-state index in [9.17, 15) is 4.79 Å². The number of amides is 1. The molecule has 0 radical (unpaired) electrons. The van der Waals surface area contributed by atoms with Crippen LogP contribution in [0.15, 0.2) is 41.7 Å². The van der Waals surface area contributed by atoms with Crippen LogP contribution in [0.5, 0.6) is 0 Å². The number of benzene rings is 1. The summed E-state index contributed by atoms with van der Waals surface area (Å²) in [5.74, 6) is 1.46. The third-order valence-electron chi connectivity index (χ3n) is 3.71. The molecule has 0 aliphatic heterocycles. The minimum absolute atomic E-state index is 0.0784. The molecule has 0 aliphatic carbocycles. The van der Waals surface area contributed by atoms with Gasteiger partial charge in [0.25, 0.3) is 0 Å². The largest absolute Gasteiger partial charge is 0.357 e. The van der Waals surface area contributed by atoms with Crippen LogP contribution < -0.4 is 16.0 Å². The number of aromatic nitrogens is 3. The highest BCUT2D eigenvalue weighted by Crippen LogP contribution is 1.97. The quantitative estimate of drug-likeness (QED) is 0.454. The molecule has 3 N–H and O–H groups in total. The molecule has 8 heteroatoms. The summed E-state index contributed by atoms with van der Waals surface area (Å²) in [5.41, 5.74) is 1.07. The SMILES string of the molecule is CCNC(=NCC(=O)NCc1ccccc1)NCCn1cnnc1CC. The number of carbonyl (C=O) groups excluding carboxylic acids is 1. The topological polar surface area (TPSA) is 96.2 Å². The first-order valence-corrected chi connectivity index (χ1v) is 8.92. The Kier molecular flexibility index (Phi) is 8.11. The second-order valence-corrected chi connectivity index (χ2v) is 5.68. The fourth-order valence-corrected chi connectivity index (χ4v) is 2.38. The van der Waals surface area contributed by atoms with E-state index in [-0.39, 0.29) is 12.5 Å². The van der Waals surface area contributed by atoms with Crippen molar-refractivity contribution in [2.75, 3.05) is 19.6 Å². The molecule has 1 aromatic carbocycles. The van der Waals surface area contributed by atoms with E-state index < -0.39 is 0 Å². The maximum atomic E-state index is 12.0. The first kappa shape index (κ1) is 19.4. The van der Waals surface area contributed by atoms with E-state index in [2.05, 4.69) is 31.1 Å². The van der Waals surface area contributed by atoms with Crippen molar-refractivity contribution in [1.29, 1.82) is 0 Å². The number of aliphatic imine (C=N–C) groups is 1. The first-order valence-electron chi connectivity index (χ1n) is 8.92. The Morgan fingerprint density at radius 2 is 1.96 bits per heavy atom. The van der Waals surface area contributed by atoms with Crippen LogP contribution in [0.3, 0.4) is 0 Å². The van der Waals surface area contributed by atoms with Gasteiger partial charge in [0.1, 0.15) is 18.7 Å². The smallest absolute Gasteiger partial charge is 0.242 e.